The summed E-state index contributed by atoms with van der Waals surface area (Å²) in [5, 5.41) is 11.1. The molecular formula is C20H21N3O2S. The fraction of sp³-hybridized carbons (Fsp3) is 0.250. The quantitative estimate of drug-likeness (QED) is 0.669. The van der Waals surface area contributed by atoms with Crippen molar-refractivity contribution in [2.45, 2.75) is 32.2 Å². The zero-order valence-corrected chi connectivity index (χ0v) is 15.4. The van der Waals surface area contributed by atoms with Gasteiger partial charge in [0.1, 0.15) is 5.69 Å². The van der Waals surface area contributed by atoms with Gasteiger partial charge >= 0.3 is 0 Å². The summed E-state index contributed by atoms with van der Waals surface area (Å²) >= 11 is 1.59. The molecule has 0 fully saturated rings. The molecule has 1 aromatic carbocycles. The number of hydrogen-bond acceptors (Lipinski definition) is 4. The van der Waals surface area contributed by atoms with E-state index >= 15 is 0 Å². The molecule has 0 saturated heterocycles. The van der Waals surface area contributed by atoms with Gasteiger partial charge < -0.3 is 5.32 Å². The van der Waals surface area contributed by atoms with Gasteiger partial charge in [-0.25, -0.2) is 5.10 Å². The predicted octanol–water partition coefficient (Wildman–Crippen LogP) is 3.69. The third kappa shape index (κ3) is 4.46. The third-order valence-corrected chi connectivity index (χ3v) is 5.08. The van der Waals surface area contributed by atoms with Crippen LogP contribution in [0.2, 0.25) is 0 Å². The molecule has 0 bridgehead atoms. The molecule has 2 N–H and O–H groups in total. The zero-order valence-electron chi connectivity index (χ0n) is 14.6. The molecule has 3 aromatic rings. The number of aromatic nitrogens is 2. The van der Waals surface area contributed by atoms with Gasteiger partial charge in [0.05, 0.1) is 6.04 Å². The Hall–Kier alpha value is -2.73. The fourth-order valence-corrected chi connectivity index (χ4v) is 3.51. The van der Waals surface area contributed by atoms with E-state index in [-0.39, 0.29) is 23.2 Å². The Bertz CT molecular complexity index is 881. The standard InChI is InChI=1S/C20H21N3O2S/c1-2-3-5-14-7-9-15(10-8-14)19(17-6-4-13-26-17)21-20(25)16-11-12-18(24)23-22-16/h4,6-13,19H,2-3,5H2,1H3,(H,21,25)(H,23,24). The first-order valence-electron chi connectivity index (χ1n) is 8.66. The monoisotopic (exact) mass is 367 g/mol. The predicted molar refractivity (Wildman–Crippen MR) is 104 cm³/mol. The summed E-state index contributed by atoms with van der Waals surface area (Å²) < 4.78 is 0. The number of benzene rings is 1. The van der Waals surface area contributed by atoms with Crippen LogP contribution in [0.4, 0.5) is 0 Å². The van der Waals surface area contributed by atoms with E-state index < -0.39 is 0 Å². The normalized spacial score (nSPS) is 11.9. The minimum Gasteiger partial charge on any atom is -0.339 e. The van der Waals surface area contributed by atoms with Crippen molar-refractivity contribution in [2.24, 2.45) is 0 Å². The lowest BCUT2D eigenvalue weighted by atomic mass is 10.0. The maximum absolute atomic E-state index is 12.6. The molecule has 0 spiro atoms. The highest BCUT2D eigenvalue weighted by Crippen LogP contribution is 2.27. The number of carbonyl (C=O) groups is 1. The van der Waals surface area contributed by atoms with E-state index in [1.165, 1.54) is 30.5 Å². The molecule has 0 saturated carbocycles. The summed E-state index contributed by atoms with van der Waals surface area (Å²) in [5.41, 5.74) is 2.17. The molecule has 1 atom stereocenters. The molecule has 0 aliphatic heterocycles. The van der Waals surface area contributed by atoms with Crippen molar-refractivity contribution < 1.29 is 4.79 Å². The first-order chi connectivity index (χ1) is 12.7. The number of nitrogens with one attached hydrogen (secondary N) is 2. The Labute approximate surface area is 156 Å². The summed E-state index contributed by atoms with van der Waals surface area (Å²) in [6, 6.07) is 14.8. The molecule has 0 aliphatic rings. The summed E-state index contributed by atoms with van der Waals surface area (Å²) in [6.45, 7) is 2.18. The first-order valence-corrected chi connectivity index (χ1v) is 9.54. The van der Waals surface area contributed by atoms with Crippen LogP contribution in [0.25, 0.3) is 0 Å². The van der Waals surface area contributed by atoms with Crippen molar-refractivity contribution in [3.63, 3.8) is 0 Å². The minimum absolute atomic E-state index is 0.186. The highest BCUT2D eigenvalue weighted by molar-refractivity contribution is 7.10. The number of nitrogens with zero attached hydrogens (tertiary/aromatic N) is 1. The van der Waals surface area contributed by atoms with Gasteiger partial charge in [0, 0.05) is 10.9 Å². The number of thiophene rings is 1. The van der Waals surface area contributed by atoms with Crippen LogP contribution in [0.15, 0.2) is 58.7 Å². The molecule has 3 rings (SSSR count). The largest absolute Gasteiger partial charge is 0.339 e. The van der Waals surface area contributed by atoms with Crippen molar-refractivity contribution in [3.8, 4) is 0 Å². The van der Waals surface area contributed by atoms with Crippen LogP contribution in [0.3, 0.4) is 0 Å². The Balaban J connectivity index is 1.83. The van der Waals surface area contributed by atoms with E-state index in [1.807, 2.05) is 17.5 Å². The third-order valence-electron chi connectivity index (χ3n) is 4.15. The van der Waals surface area contributed by atoms with E-state index in [1.54, 1.807) is 11.3 Å². The lowest BCUT2D eigenvalue weighted by Crippen LogP contribution is -2.30. The smallest absolute Gasteiger partial charge is 0.272 e. The van der Waals surface area contributed by atoms with E-state index in [9.17, 15) is 9.59 Å². The summed E-state index contributed by atoms with van der Waals surface area (Å²) in [4.78, 5) is 24.7. The second kappa shape index (κ2) is 8.58. The van der Waals surface area contributed by atoms with Gasteiger partial charge in [0.25, 0.3) is 11.5 Å². The molecule has 0 radical (unpaired) electrons. The molecule has 1 unspecified atom stereocenters. The number of aromatic amines is 1. The summed E-state index contributed by atoms with van der Waals surface area (Å²) in [5.74, 6) is -0.324. The van der Waals surface area contributed by atoms with Gasteiger partial charge in [-0.2, -0.15) is 5.10 Å². The highest BCUT2D eigenvalue weighted by atomic mass is 32.1. The molecule has 5 nitrogen and oxygen atoms in total. The van der Waals surface area contributed by atoms with Crippen LogP contribution in [-0.2, 0) is 6.42 Å². The minimum atomic E-state index is -0.334. The van der Waals surface area contributed by atoms with Crippen molar-refractivity contribution in [2.75, 3.05) is 0 Å². The van der Waals surface area contributed by atoms with E-state index in [0.29, 0.717) is 0 Å². The zero-order chi connectivity index (χ0) is 18.4. The van der Waals surface area contributed by atoms with E-state index in [2.05, 4.69) is 46.7 Å². The van der Waals surface area contributed by atoms with E-state index in [0.717, 1.165) is 16.9 Å². The Kier molecular flexibility index (Phi) is 5.96. The summed E-state index contributed by atoms with van der Waals surface area (Å²) in [7, 11) is 0. The molecular weight excluding hydrogens is 346 g/mol. The Morgan fingerprint density at radius 3 is 2.62 bits per heavy atom. The lowest BCUT2D eigenvalue weighted by molar-refractivity contribution is 0.0937. The van der Waals surface area contributed by atoms with Gasteiger partial charge in [-0.15, -0.1) is 11.3 Å². The fourth-order valence-electron chi connectivity index (χ4n) is 2.71. The number of hydrogen-bond donors (Lipinski definition) is 2. The second-order valence-corrected chi connectivity index (χ2v) is 7.05. The second-order valence-electron chi connectivity index (χ2n) is 6.07. The molecule has 1 amide bonds. The van der Waals surface area contributed by atoms with Gasteiger partial charge in [-0.1, -0.05) is 43.7 Å². The van der Waals surface area contributed by atoms with Crippen LogP contribution in [0.5, 0.6) is 0 Å². The topological polar surface area (TPSA) is 74.8 Å². The SMILES string of the molecule is CCCCc1ccc(C(NC(=O)c2ccc(=O)[nH]n2)c2cccs2)cc1. The van der Waals surface area contributed by atoms with Crippen LogP contribution in [0, 0.1) is 0 Å². The number of rotatable bonds is 7. The van der Waals surface area contributed by atoms with Gasteiger partial charge in [-0.3, -0.25) is 9.59 Å². The molecule has 2 heterocycles. The summed E-state index contributed by atoms with van der Waals surface area (Å²) in [6.07, 6.45) is 3.40. The molecule has 2 aromatic heterocycles. The average Bonchev–Trinajstić information content (AvgIpc) is 3.20. The van der Waals surface area contributed by atoms with Crippen LogP contribution in [-0.4, -0.2) is 16.1 Å². The van der Waals surface area contributed by atoms with Crippen molar-refractivity contribution in [1.29, 1.82) is 0 Å². The first kappa shape index (κ1) is 18.1. The van der Waals surface area contributed by atoms with Crippen molar-refractivity contribution in [1.82, 2.24) is 15.5 Å². The molecule has 0 aliphatic carbocycles. The number of aryl methyl sites for hydroxylation is 1. The van der Waals surface area contributed by atoms with Crippen molar-refractivity contribution in [3.05, 3.63) is 86.0 Å². The lowest BCUT2D eigenvalue weighted by Gasteiger charge is -2.18. The highest BCUT2D eigenvalue weighted by Gasteiger charge is 2.19. The number of carbonyl (C=O) groups excluding carboxylic acids is 1. The van der Waals surface area contributed by atoms with E-state index in [4.69, 9.17) is 0 Å². The number of H-pyrrole nitrogens is 1. The van der Waals surface area contributed by atoms with Crippen LogP contribution < -0.4 is 10.9 Å². The average molecular weight is 367 g/mol. The van der Waals surface area contributed by atoms with Gasteiger partial charge in [0.15, 0.2) is 0 Å². The van der Waals surface area contributed by atoms with Crippen LogP contribution in [0.1, 0.15) is 52.3 Å². The maximum Gasteiger partial charge on any atom is 0.272 e. The molecule has 26 heavy (non-hydrogen) atoms. The molecule has 134 valence electrons. The van der Waals surface area contributed by atoms with Crippen LogP contribution >= 0.6 is 11.3 Å². The number of amides is 1. The van der Waals surface area contributed by atoms with Gasteiger partial charge in [-0.05, 0) is 41.5 Å². The number of unbranched alkanes of at least 4 members (excludes halogenated alkanes) is 1. The Morgan fingerprint density at radius 1 is 1.19 bits per heavy atom. The van der Waals surface area contributed by atoms with Gasteiger partial charge in [0.2, 0.25) is 0 Å². The Morgan fingerprint density at radius 2 is 2.00 bits per heavy atom. The molecule has 6 heteroatoms. The maximum atomic E-state index is 12.6. The van der Waals surface area contributed by atoms with Crippen molar-refractivity contribution >= 4 is 17.2 Å².